The summed E-state index contributed by atoms with van der Waals surface area (Å²) in [5, 5.41) is 1.07. The van der Waals surface area contributed by atoms with E-state index in [1.165, 1.54) is 11.5 Å². The van der Waals surface area contributed by atoms with Crippen molar-refractivity contribution in [1.82, 2.24) is 0 Å². The van der Waals surface area contributed by atoms with E-state index in [0.717, 1.165) is 36.7 Å². The van der Waals surface area contributed by atoms with Crippen LogP contribution in [0.3, 0.4) is 0 Å². The van der Waals surface area contributed by atoms with Crippen molar-refractivity contribution in [3.05, 3.63) is 23.8 Å². The Morgan fingerprint density at radius 1 is 1.15 bits per heavy atom. The summed E-state index contributed by atoms with van der Waals surface area (Å²) in [6, 6.07) is 6.21. The number of rotatable bonds is 2. The van der Waals surface area contributed by atoms with Crippen molar-refractivity contribution in [2.24, 2.45) is 5.73 Å². The zero-order chi connectivity index (χ0) is 13.9. The monoisotopic (exact) mass is 311 g/mol. The minimum absolute atomic E-state index is 0.0555. The average Bonchev–Trinajstić information content (AvgIpc) is 2.71. The smallest absolute Gasteiger partial charge is 0.161 e. The van der Waals surface area contributed by atoms with Crippen LogP contribution in [0, 0.1) is 0 Å². The lowest BCUT2D eigenvalue weighted by Crippen LogP contribution is -2.34. The number of fused-ring (bicyclic) bond motifs is 1. The van der Waals surface area contributed by atoms with E-state index in [9.17, 15) is 0 Å². The van der Waals surface area contributed by atoms with Gasteiger partial charge in [0.05, 0.1) is 13.2 Å². The number of benzene rings is 1. The van der Waals surface area contributed by atoms with E-state index in [0.29, 0.717) is 10.5 Å². The molecule has 3 unspecified atom stereocenters. The first kappa shape index (κ1) is 14.4. The van der Waals surface area contributed by atoms with Gasteiger partial charge >= 0.3 is 0 Å². The summed E-state index contributed by atoms with van der Waals surface area (Å²) >= 11 is 4.02. The van der Waals surface area contributed by atoms with Crippen LogP contribution in [0.1, 0.15) is 24.9 Å². The van der Waals surface area contributed by atoms with Gasteiger partial charge in [0.25, 0.3) is 0 Å². The maximum atomic E-state index is 6.50. The molecule has 0 bridgehead atoms. The molecule has 0 amide bonds. The summed E-state index contributed by atoms with van der Waals surface area (Å²) in [6.45, 7) is 3.73. The van der Waals surface area contributed by atoms with Crippen LogP contribution >= 0.6 is 23.5 Å². The lowest BCUT2D eigenvalue weighted by atomic mass is 10.0. The van der Waals surface area contributed by atoms with Crippen LogP contribution in [0.4, 0.5) is 0 Å². The van der Waals surface area contributed by atoms with Crippen LogP contribution in [0.25, 0.3) is 0 Å². The van der Waals surface area contributed by atoms with E-state index in [1.807, 2.05) is 29.6 Å². The normalized spacial score (nSPS) is 27.7. The van der Waals surface area contributed by atoms with Crippen molar-refractivity contribution >= 4 is 23.5 Å². The van der Waals surface area contributed by atoms with Crippen LogP contribution in [-0.4, -0.2) is 35.2 Å². The van der Waals surface area contributed by atoms with E-state index in [-0.39, 0.29) is 6.04 Å². The number of ether oxygens (including phenoxy) is 2. The fraction of sp³-hybridized carbons (Fsp3) is 0.600. The van der Waals surface area contributed by atoms with Crippen LogP contribution in [0.2, 0.25) is 0 Å². The van der Waals surface area contributed by atoms with Gasteiger partial charge in [0.1, 0.15) is 0 Å². The molecule has 110 valence electrons. The number of hydrogen-bond donors (Lipinski definition) is 1. The van der Waals surface area contributed by atoms with E-state index >= 15 is 0 Å². The number of hydrogen-bond acceptors (Lipinski definition) is 5. The molecule has 3 nitrogen and oxygen atoms in total. The third kappa shape index (κ3) is 3.05. The molecule has 3 atom stereocenters. The first-order valence-electron chi connectivity index (χ1n) is 7.14. The van der Waals surface area contributed by atoms with E-state index in [1.54, 1.807) is 0 Å². The molecule has 0 spiro atoms. The quantitative estimate of drug-likeness (QED) is 0.909. The summed E-state index contributed by atoms with van der Waals surface area (Å²) in [5.41, 5.74) is 7.66. The Morgan fingerprint density at radius 2 is 1.90 bits per heavy atom. The first-order chi connectivity index (χ1) is 9.75. The lowest BCUT2D eigenvalue weighted by molar-refractivity contribution is 0.297. The lowest BCUT2D eigenvalue weighted by Gasteiger charge is -2.32. The molecule has 20 heavy (non-hydrogen) atoms. The van der Waals surface area contributed by atoms with Gasteiger partial charge in [0, 0.05) is 34.5 Å². The first-order valence-corrected chi connectivity index (χ1v) is 9.24. The number of thioether (sulfide) groups is 2. The van der Waals surface area contributed by atoms with Crippen molar-refractivity contribution in [3.63, 3.8) is 0 Å². The highest BCUT2D eigenvalue weighted by atomic mass is 32.2. The van der Waals surface area contributed by atoms with Crippen LogP contribution < -0.4 is 15.2 Å². The van der Waals surface area contributed by atoms with E-state index in [2.05, 4.69) is 19.1 Å². The molecule has 1 fully saturated rings. The van der Waals surface area contributed by atoms with Gasteiger partial charge in [-0.1, -0.05) is 13.0 Å². The van der Waals surface area contributed by atoms with Crippen LogP contribution in [-0.2, 0) is 0 Å². The Hall–Kier alpha value is -0.520. The third-order valence-corrected chi connectivity index (χ3v) is 6.96. The van der Waals surface area contributed by atoms with E-state index in [4.69, 9.17) is 15.2 Å². The predicted molar refractivity (Wildman–Crippen MR) is 87.1 cm³/mol. The molecule has 1 aromatic rings. The molecule has 2 heterocycles. The van der Waals surface area contributed by atoms with Crippen molar-refractivity contribution in [2.75, 3.05) is 24.7 Å². The van der Waals surface area contributed by atoms with Crippen LogP contribution in [0.5, 0.6) is 11.5 Å². The highest BCUT2D eigenvalue weighted by molar-refractivity contribution is 8.07. The fourth-order valence-corrected chi connectivity index (χ4v) is 5.50. The van der Waals surface area contributed by atoms with Gasteiger partial charge in [-0.15, -0.1) is 0 Å². The van der Waals surface area contributed by atoms with E-state index < -0.39 is 0 Å². The van der Waals surface area contributed by atoms with Gasteiger partial charge < -0.3 is 15.2 Å². The number of nitrogens with two attached hydrogens (primary N) is 1. The zero-order valence-corrected chi connectivity index (χ0v) is 13.3. The molecular formula is C15H21NO2S2. The molecule has 0 aromatic heterocycles. The van der Waals surface area contributed by atoms with Crippen LogP contribution in [0.15, 0.2) is 18.2 Å². The fourth-order valence-electron chi connectivity index (χ4n) is 2.62. The highest BCUT2D eigenvalue weighted by Crippen LogP contribution is 2.39. The molecule has 5 heteroatoms. The SMILES string of the molecule is CC1SCCSC1C(N)c1ccc2c(c1)OCCCO2. The predicted octanol–water partition coefficient (Wildman–Crippen LogP) is 3.08. The Balaban J connectivity index is 1.80. The molecule has 2 aliphatic rings. The van der Waals surface area contributed by atoms with Gasteiger partial charge in [-0.25, -0.2) is 0 Å². The van der Waals surface area contributed by atoms with Gasteiger partial charge in [0.15, 0.2) is 11.5 Å². The van der Waals surface area contributed by atoms with Gasteiger partial charge in [-0.3, -0.25) is 0 Å². The summed E-state index contributed by atoms with van der Waals surface area (Å²) in [4.78, 5) is 0. The Labute approximate surface area is 129 Å². The molecule has 3 rings (SSSR count). The summed E-state index contributed by atoms with van der Waals surface area (Å²) in [7, 11) is 0. The van der Waals surface area contributed by atoms with Crippen molar-refractivity contribution < 1.29 is 9.47 Å². The molecule has 0 aliphatic carbocycles. The largest absolute Gasteiger partial charge is 0.490 e. The van der Waals surface area contributed by atoms with Gasteiger partial charge in [-0.05, 0) is 17.7 Å². The highest BCUT2D eigenvalue weighted by Gasteiger charge is 2.29. The molecule has 2 N–H and O–H groups in total. The standard InChI is InChI=1S/C15H21NO2S2/c1-10-15(20-8-7-19-10)14(16)11-3-4-12-13(9-11)18-6-2-5-17-12/h3-4,9-10,14-15H,2,5-8,16H2,1H3. The summed E-state index contributed by atoms with van der Waals surface area (Å²) in [6.07, 6.45) is 0.933. The van der Waals surface area contributed by atoms with Gasteiger partial charge in [-0.2, -0.15) is 23.5 Å². The minimum Gasteiger partial charge on any atom is -0.490 e. The molecule has 2 aliphatic heterocycles. The Bertz CT molecular complexity index is 469. The minimum atomic E-state index is 0.0555. The Kier molecular flexibility index (Phi) is 4.68. The van der Waals surface area contributed by atoms with Crippen molar-refractivity contribution in [3.8, 4) is 11.5 Å². The maximum Gasteiger partial charge on any atom is 0.161 e. The molecule has 0 radical (unpaired) electrons. The summed E-state index contributed by atoms with van der Waals surface area (Å²) < 4.78 is 11.4. The Morgan fingerprint density at radius 3 is 2.70 bits per heavy atom. The molecule has 1 saturated heterocycles. The molecule has 1 aromatic carbocycles. The average molecular weight is 311 g/mol. The second-order valence-corrected chi connectivity index (χ2v) is 7.96. The maximum absolute atomic E-state index is 6.50. The second kappa shape index (κ2) is 6.50. The third-order valence-electron chi connectivity index (χ3n) is 3.75. The van der Waals surface area contributed by atoms with Gasteiger partial charge in [0.2, 0.25) is 0 Å². The molecule has 0 saturated carbocycles. The zero-order valence-electron chi connectivity index (χ0n) is 11.7. The van der Waals surface area contributed by atoms with Crippen molar-refractivity contribution in [2.45, 2.75) is 29.9 Å². The topological polar surface area (TPSA) is 44.5 Å². The second-order valence-electron chi connectivity index (χ2n) is 5.19. The molecular weight excluding hydrogens is 290 g/mol. The summed E-state index contributed by atoms with van der Waals surface area (Å²) in [5.74, 6) is 4.11. The van der Waals surface area contributed by atoms with Crippen molar-refractivity contribution in [1.29, 1.82) is 0 Å².